The van der Waals surface area contributed by atoms with Gasteiger partial charge in [0, 0.05) is 23.4 Å². The SMILES string of the molecule is COc1ccc(S(=O)(=O)N2CC(C(=O)O)CCC2C)c2ccccc12. The van der Waals surface area contributed by atoms with E-state index in [1.165, 1.54) is 10.4 Å². The molecule has 1 N–H and O–H groups in total. The van der Waals surface area contributed by atoms with E-state index in [1.807, 2.05) is 19.1 Å². The van der Waals surface area contributed by atoms with Crippen molar-refractivity contribution in [3.05, 3.63) is 36.4 Å². The Morgan fingerprint density at radius 1 is 1.16 bits per heavy atom. The Bertz CT molecular complexity index is 909. The highest BCUT2D eigenvalue weighted by molar-refractivity contribution is 7.89. The van der Waals surface area contributed by atoms with Crippen molar-refractivity contribution in [3.8, 4) is 5.75 Å². The summed E-state index contributed by atoms with van der Waals surface area (Å²) in [5.74, 6) is -1.02. The summed E-state index contributed by atoms with van der Waals surface area (Å²) in [6, 6.07) is 10.1. The number of carbonyl (C=O) groups is 1. The smallest absolute Gasteiger partial charge is 0.307 e. The Kier molecular flexibility index (Phi) is 4.71. The first-order valence-corrected chi connectivity index (χ1v) is 9.60. The van der Waals surface area contributed by atoms with Crippen molar-refractivity contribution in [2.24, 2.45) is 5.92 Å². The van der Waals surface area contributed by atoms with Gasteiger partial charge in [-0.1, -0.05) is 24.3 Å². The summed E-state index contributed by atoms with van der Waals surface area (Å²) >= 11 is 0. The van der Waals surface area contributed by atoms with E-state index in [1.54, 1.807) is 25.3 Å². The van der Waals surface area contributed by atoms with Crippen LogP contribution < -0.4 is 4.74 Å². The molecule has 1 aliphatic rings. The lowest BCUT2D eigenvalue weighted by atomic mass is 9.96. The molecule has 25 heavy (non-hydrogen) atoms. The van der Waals surface area contributed by atoms with Gasteiger partial charge in [0.05, 0.1) is 17.9 Å². The number of nitrogens with zero attached hydrogens (tertiary/aromatic N) is 1. The van der Waals surface area contributed by atoms with Gasteiger partial charge in [0.2, 0.25) is 10.0 Å². The Hall–Kier alpha value is -2.12. The van der Waals surface area contributed by atoms with E-state index in [9.17, 15) is 18.3 Å². The van der Waals surface area contributed by atoms with Gasteiger partial charge in [0.25, 0.3) is 0 Å². The highest BCUT2D eigenvalue weighted by Crippen LogP contribution is 2.35. The molecule has 1 saturated heterocycles. The van der Waals surface area contributed by atoms with Gasteiger partial charge in [0.1, 0.15) is 5.75 Å². The number of fused-ring (bicyclic) bond motifs is 1. The molecule has 1 fully saturated rings. The zero-order chi connectivity index (χ0) is 18.2. The second-order valence-corrected chi connectivity index (χ2v) is 8.21. The molecule has 0 amide bonds. The molecule has 3 rings (SSSR count). The zero-order valence-corrected chi connectivity index (χ0v) is 15.0. The topological polar surface area (TPSA) is 83.9 Å². The van der Waals surface area contributed by atoms with Crippen LogP contribution in [0.3, 0.4) is 0 Å². The number of rotatable bonds is 4. The van der Waals surface area contributed by atoms with Gasteiger partial charge in [-0.25, -0.2) is 8.42 Å². The van der Waals surface area contributed by atoms with Crippen molar-refractivity contribution in [2.75, 3.05) is 13.7 Å². The third-order valence-electron chi connectivity index (χ3n) is 4.82. The minimum Gasteiger partial charge on any atom is -0.496 e. The molecule has 1 aliphatic heterocycles. The summed E-state index contributed by atoms with van der Waals surface area (Å²) in [6.07, 6.45) is 1.02. The highest BCUT2D eigenvalue weighted by Gasteiger charge is 2.38. The van der Waals surface area contributed by atoms with Gasteiger partial charge >= 0.3 is 5.97 Å². The molecule has 0 radical (unpaired) electrons. The standard InChI is InChI=1S/C18H21NO5S/c1-12-7-8-13(18(20)21)11-19(12)25(22,23)17-10-9-16(24-2)14-5-3-4-6-15(14)17/h3-6,9-10,12-13H,7-8,11H2,1-2H3,(H,20,21). The highest BCUT2D eigenvalue weighted by atomic mass is 32.2. The number of benzene rings is 2. The number of methoxy groups -OCH3 is 1. The maximum atomic E-state index is 13.3. The number of aliphatic carboxylic acids is 1. The van der Waals surface area contributed by atoms with Crippen LogP contribution in [0.4, 0.5) is 0 Å². The second kappa shape index (κ2) is 6.65. The van der Waals surface area contributed by atoms with E-state index >= 15 is 0 Å². The third-order valence-corrected chi connectivity index (χ3v) is 6.86. The molecule has 2 unspecified atom stereocenters. The predicted octanol–water partition coefficient (Wildman–Crippen LogP) is 2.72. The molecule has 0 aromatic heterocycles. The molecular weight excluding hydrogens is 342 g/mol. The lowest BCUT2D eigenvalue weighted by Gasteiger charge is -2.35. The van der Waals surface area contributed by atoms with Crippen molar-refractivity contribution in [1.82, 2.24) is 4.31 Å². The van der Waals surface area contributed by atoms with Gasteiger partial charge in [-0.2, -0.15) is 4.31 Å². The first kappa shape index (κ1) is 17.7. The molecule has 2 atom stereocenters. The molecule has 1 heterocycles. The molecule has 7 heteroatoms. The van der Waals surface area contributed by atoms with Crippen LogP contribution in [0.25, 0.3) is 10.8 Å². The van der Waals surface area contributed by atoms with Crippen LogP contribution in [0.5, 0.6) is 5.75 Å². The largest absolute Gasteiger partial charge is 0.496 e. The van der Waals surface area contributed by atoms with E-state index < -0.39 is 21.9 Å². The van der Waals surface area contributed by atoms with E-state index in [4.69, 9.17) is 4.74 Å². The number of piperidine rings is 1. The number of carboxylic acid groups (broad SMARTS) is 1. The zero-order valence-electron chi connectivity index (χ0n) is 14.2. The number of sulfonamides is 1. The van der Waals surface area contributed by atoms with Gasteiger partial charge in [-0.05, 0) is 31.9 Å². The monoisotopic (exact) mass is 363 g/mol. The molecule has 6 nitrogen and oxygen atoms in total. The van der Waals surface area contributed by atoms with Crippen LogP contribution in [-0.2, 0) is 14.8 Å². The average Bonchev–Trinajstić information content (AvgIpc) is 2.60. The van der Waals surface area contributed by atoms with Crippen LogP contribution in [0.2, 0.25) is 0 Å². The molecule has 0 bridgehead atoms. The number of ether oxygens (including phenoxy) is 1. The Morgan fingerprint density at radius 3 is 2.48 bits per heavy atom. The first-order chi connectivity index (χ1) is 11.9. The fourth-order valence-electron chi connectivity index (χ4n) is 3.38. The molecule has 0 spiro atoms. The van der Waals surface area contributed by atoms with Gasteiger partial charge in [0.15, 0.2) is 0 Å². The summed E-state index contributed by atoms with van der Waals surface area (Å²) in [6.45, 7) is 1.82. The third kappa shape index (κ3) is 3.09. The molecule has 134 valence electrons. The Balaban J connectivity index is 2.11. The van der Waals surface area contributed by atoms with E-state index in [2.05, 4.69) is 0 Å². The molecular formula is C18H21NO5S. The van der Waals surface area contributed by atoms with Crippen LogP contribution in [0.1, 0.15) is 19.8 Å². The Morgan fingerprint density at radius 2 is 1.84 bits per heavy atom. The van der Waals surface area contributed by atoms with E-state index in [0.717, 1.165) is 0 Å². The van der Waals surface area contributed by atoms with E-state index in [0.29, 0.717) is 29.4 Å². The van der Waals surface area contributed by atoms with Crippen molar-refractivity contribution in [1.29, 1.82) is 0 Å². The molecule has 2 aromatic carbocycles. The number of hydrogen-bond donors (Lipinski definition) is 1. The van der Waals surface area contributed by atoms with Crippen molar-refractivity contribution >= 4 is 26.8 Å². The van der Waals surface area contributed by atoms with Crippen molar-refractivity contribution < 1.29 is 23.1 Å². The number of hydrogen-bond acceptors (Lipinski definition) is 4. The Labute approximate surface area is 147 Å². The maximum Gasteiger partial charge on any atom is 0.307 e. The quantitative estimate of drug-likeness (QED) is 0.903. The predicted molar refractivity (Wildman–Crippen MR) is 94.2 cm³/mol. The molecule has 2 aromatic rings. The first-order valence-electron chi connectivity index (χ1n) is 8.16. The lowest BCUT2D eigenvalue weighted by Crippen LogP contribution is -2.47. The minimum absolute atomic E-state index is 0.000804. The summed E-state index contributed by atoms with van der Waals surface area (Å²) < 4.78 is 33.2. The van der Waals surface area contributed by atoms with Gasteiger partial charge in [-0.15, -0.1) is 0 Å². The lowest BCUT2D eigenvalue weighted by molar-refractivity contribution is -0.143. The van der Waals surface area contributed by atoms with Crippen LogP contribution in [-0.4, -0.2) is 43.5 Å². The van der Waals surface area contributed by atoms with Gasteiger partial charge < -0.3 is 9.84 Å². The molecule has 0 saturated carbocycles. The number of carboxylic acids is 1. The summed E-state index contributed by atoms with van der Waals surface area (Å²) in [4.78, 5) is 11.5. The van der Waals surface area contributed by atoms with E-state index in [-0.39, 0.29) is 17.5 Å². The summed E-state index contributed by atoms with van der Waals surface area (Å²) in [5.41, 5.74) is 0. The van der Waals surface area contributed by atoms with Crippen molar-refractivity contribution in [3.63, 3.8) is 0 Å². The van der Waals surface area contributed by atoms with Crippen LogP contribution in [0.15, 0.2) is 41.3 Å². The van der Waals surface area contributed by atoms with Gasteiger partial charge in [-0.3, -0.25) is 4.79 Å². The van der Waals surface area contributed by atoms with Crippen LogP contribution >= 0.6 is 0 Å². The minimum atomic E-state index is -3.81. The normalized spacial score (nSPS) is 22.0. The fourth-order valence-corrected chi connectivity index (χ4v) is 5.29. The average molecular weight is 363 g/mol. The molecule has 0 aliphatic carbocycles. The van der Waals surface area contributed by atoms with Crippen molar-refractivity contribution in [2.45, 2.75) is 30.7 Å². The fraction of sp³-hybridized carbons (Fsp3) is 0.389. The van der Waals surface area contributed by atoms with Crippen LogP contribution in [0, 0.1) is 5.92 Å². The summed E-state index contributed by atoms with van der Waals surface area (Å²) in [5, 5.41) is 10.6. The summed E-state index contributed by atoms with van der Waals surface area (Å²) in [7, 11) is -2.27. The second-order valence-electron chi connectivity index (χ2n) is 6.35. The maximum absolute atomic E-state index is 13.3.